The SMILES string of the molecule is C=C(Br)CNCc1ccc(F)c(Br)c1. The zero-order valence-corrected chi connectivity index (χ0v) is 10.7. The Kier molecular flexibility index (Phi) is 4.78. The quantitative estimate of drug-likeness (QED) is 0.893. The van der Waals surface area contributed by atoms with Gasteiger partial charge in [-0.3, -0.25) is 0 Å². The predicted molar refractivity (Wildman–Crippen MR) is 63.9 cm³/mol. The van der Waals surface area contributed by atoms with Crippen LogP contribution in [-0.2, 0) is 6.54 Å². The lowest BCUT2D eigenvalue weighted by Gasteiger charge is -2.04. The fourth-order valence-corrected chi connectivity index (χ4v) is 1.62. The maximum Gasteiger partial charge on any atom is 0.137 e. The largest absolute Gasteiger partial charge is 0.308 e. The number of hydrogen-bond donors (Lipinski definition) is 1. The van der Waals surface area contributed by atoms with Gasteiger partial charge in [0, 0.05) is 17.6 Å². The summed E-state index contributed by atoms with van der Waals surface area (Å²) in [5.74, 6) is -0.237. The van der Waals surface area contributed by atoms with Gasteiger partial charge in [0.25, 0.3) is 0 Å². The normalized spacial score (nSPS) is 10.2. The van der Waals surface area contributed by atoms with Crippen LogP contribution >= 0.6 is 31.9 Å². The first kappa shape index (κ1) is 11.9. The van der Waals surface area contributed by atoms with Crippen molar-refractivity contribution < 1.29 is 4.39 Å². The first-order valence-corrected chi connectivity index (χ1v) is 5.66. The highest BCUT2D eigenvalue weighted by atomic mass is 79.9. The Morgan fingerprint density at radius 2 is 2.21 bits per heavy atom. The molecule has 0 radical (unpaired) electrons. The van der Waals surface area contributed by atoms with Gasteiger partial charge < -0.3 is 5.32 Å². The monoisotopic (exact) mass is 321 g/mol. The highest BCUT2D eigenvalue weighted by Crippen LogP contribution is 2.16. The minimum atomic E-state index is -0.237. The van der Waals surface area contributed by atoms with Crippen molar-refractivity contribution in [1.29, 1.82) is 0 Å². The predicted octanol–water partition coefficient (Wildman–Crippen LogP) is 3.59. The standard InChI is InChI=1S/C10H10Br2FN/c1-7(11)5-14-6-8-2-3-10(13)9(12)4-8/h2-4,14H,1,5-6H2. The van der Waals surface area contributed by atoms with Crippen LogP contribution in [0.1, 0.15) is 5.56 Å². The molecule has 0 fully saturated rings. The Hall–Kier alpha value is -0.190. The molecule has 4 heteroatoms. The molecule has 0 atom stereocenters. The molecule has 0 aromatic heterocycles. The van der Waals surface area contributed by atoms with E-state index < -0.39 is 0 Å². The molecule has 0 aliphatic rings. The average Bonchev–Trinajstić information content (AvgIpc) is 2.10. The lowest BCUT2D eigenvalue weighted by Crippen LogP contribution is -2.14. The Bertz CT molecular complexity index is 339. The fraction of sp³-hybridized carbons (Fsp3) is 0.200. The minimum Gasteiger partial charge on any atom is -0.308 e. The highest BCUT2D eigenvalue weighted by Gasteiger charge is 1.99. The van der Waals surface area contributed by atoms with Crippen LogP contribution in [0.15, 0.2) is 33.7 Å². The second-order valence-corrected chi connectivity index (χ2v) is 4.85. The summed E-state index contributed by atoms with van der Waals surface area (Å²) in [6.07, 6.45) is 0. The molecule has 76 valence electrons. The first-order valence-electron chi connectivity index (χ1n) is 4.07. The third-order valence-corrected chi connectivity index (χ3v) is 2.52. The van der Waals surface area contributed by atoms with E-state index in [1.54, 1.807) is 12.1 Å². The van der Waals surface area contributed by atoms with Crippen LogP contribution in [0.2, 0.25) is 0 Å². The van der Waals surface area contributed by atoms with E-state index in [1.807, 2.05) is 0 Å². The van der Waals surface area contributed by atoms with Crippen molar-refractivity contribution in [2.45, 2.75) is 6.54 Å². The van der Waals surface area contributed by atoms with Crippen molar-refractivity contribution in [1.82, 2.24) is 5.32 Å². The number of rotatable bonds is 4. The lowest BCUT2D eigenvalue weighted by molar-refractivity contribution is 0.619. The van der Waals surface area contributed by atoms with Gasteiger partial charge in [-0.25, -0.2) is 4.39 Å². The molecule has 0 aliphatic carbocycles. The van der Waals surface area contributed by atoms with E-state index in [4.69, 9.17) is 0 Å². The smallest absolute Gasteiger partial charge is 0.137 e. The van der Waals surface area contributed by atoms with Gasteiger partial charge in [-0.2, -0.15) is 0 Å². The third-order valence-electron chi connectivity index (χ3n) is 1.63. The summed E-state index contributed by atoms with van der Waals surface area (Å²) < 4.78 is 14.3. The second-order valence-electron chi connectivity index (χ2n) is 2.87. The molecule has 0 spiro atoms. The molecule has 14 heavy (non-hydrogen) atoms. The molecule has 1 nitrogen and oxygen atoms in total. The number of benzene rings is 1. The maximum absolute atomic E-state index is 12.9. The molecular weight excluding hydrogens is 313 g/mol. The summed E-state index contributed by atoms with van der Waals surface area (Å²) in [7, 11) is 0. The molecule has 1 N–H and O–H groups in total. The van der Waals surface area contributed by atoms with E-state index in [2.05, 4.69) is 43.8 Å². The molecule has 1 aromatic rings. The summed E-state index contributed by atoms with van der Waals surface area (Å²) in [6.45, 7) is 5.10. The summed E-state index contributed by atoms with van der Waals surface area (Å²) in [5.41, 5.74) is 1.03. The molecule has 0 bridgehead atoms. The van der Waals surface area contributed by atoms with Crippen molar-refractivity contribution in [2.75, 3.05) is 6.54 Å². The van der Waals surface area contributed by atoms with Gasteiger partial charge in [0.05, 0.1) is 4.47 Å². The Balaban J connectivity index is 2.51. The third kappa shape index (κ3) is 3.90. The Morgan fingerprint density at radius 1 is 1.50 bits per heavy atom. The van der Waals surface area contributed by atoms with Crippen molar-refractivity contribution >= 4 is 31.9 Å². The van der Waals surface area contributed by atoms with Crippen LogP contribution in [0.5, 0.6) is 0 Å². The van der Waals surface area contributed by atoms with Crippen LogP contribution in [0, 0.1) is 5.82 Å². The number of nitrogens with one attached hydrogen (secondary N) is 1. The van der Waals surface area contributed by atoms with Crippen LogP contribution in [-0.4, -0.2) is 6.54 Å². The van der Waals surface area contributed by atoms with Crippen LogP contribution in [0.4, 0.5) is 4.39 Å². The molecule has 0 aliphatic heterocycles. The number of halogens is 3. The summed E-state index contributed by atoms with van der Waals surface area (Å²) in [6, 6.07) is 4.97. The molecular formula is C10H10Br2FN. The summed E-state index contributed by atoms with van der Waals surface area (Å²) >= 11 is 6.39. The van der Waals surface area contributed by atoms with Crippen molar-refractivity contribution in [3.8, 4) is 0 Å². The van der Waals surface area contributed by atoms with Crippen LogP contribution < -0.4 is 5.32 Å². The molecule has 0 saturated carbocycles. The molecule has 0 amide bonds. The van der Waals surface area contributed by atoms with Gasteiger partial charge in [0.15, 0.2) is 0 Å². The van der Waals surface area contributed by atoms with Crippen LogP contribution in [0.3, 0.4) is 0 Å². The second kappa shape index (κ2) is 5.63. The zero-order valence-electron chi connectivity index (χ0n) is 7.49. The van der Waals surface area contributed by atoms with Crippen molar-refractivity contribution in [3.05, 3.63) is 45.1 Å². The maximum atomic E-state index is 12.9. The van der Waals surface area contributed by atoms with Crippen molar-refractivity contribution in [3.63, 3.8) is 0 Å². The van der Waals surface area contributed by atoms with E-state index in [0.717, 1.165) is 10.0 Å². The van der Waals surface area contributed by atoms with Gasteiger partial charge in [0.1, 0.15) is 5.82 Å². The minimum absolute atomic E-state index is 0.237. The molecule has 0 heterocycles. The molecule has 1 aromatic carbocycles. The van der Waals surface area contributed by atoms with E-state index in [9.17, 15) is 4.39 Å². The van der Waals surface area contributed by atoms with Crippen LogP contribution in [0.25, 0.3) is 0 Å². The van der Waals surface area contributed by atoms with E-state index in [1.165, 1.54) is 6.07 Å². The Morgan fingerprint density at radius 3 is 2.79 bits per heavy atom. The van der Waals surface area contributed by atoms with Gasteiger partial charge in [-0.15, -0.1) is 0 Å². The van der Waals surface area contributed by atoms with E-state index >= 15 is 0 Å². The number of hydrogen-bond acceptors (Lipinski definition) is 1. The van der Waals surface area contributed by atoms with Gasteiger partial charge in [0.2, 0.25) is 0 Å². The fourth-order valence-electron chi connectivity index (χ4n) is 0.992. The zero-order chi connectivity index (χ0) is 10.6. The first-order chi connectivity index (χ1) is 6.59. The van der Waals surface area contributed by atoms with Gasteiger partial charge >= 0.3 is 0 Å². The van der Waals surface area contributed by atoms with Crippen molar-refractivity contribution in [2.24, 2.45) is 0 Å². The highest BCUT2D eigenvalue weighted by molar-refractivity contribution is 9.11. The van der Waals surface area contributed by atoms with E-state index in [-0.39, 0.29) is 5.82 Å². The average molecular weight is 323 g/mol. The molecule has 0 unspecified atom stereocenters. The van der Waals surface area contributed by atoms with E-state index in [0.29, 0.717) is 17.6 Å². The topological polar surface area (TPSA) is 12.0 Å². The lowest BCUT2D eigenvalue weighted by atomic mass is 10.2. The molecule has 1 rings (SSSR count). The van der Waals surface area contributed by atoms with Gasteiger partial charge in [-0.1, -0.05) is 28.6 Å². The summed E-state index contributed by atoms with van der Waals surface area (Å²) in [5, 5.41) is 3.16. The Labute approximate surface area is 99.7 Å². The van der Waals surface area contributed by atoms with Gasteiger partial charge in [-0.05, 0) is 33.6 Å². The summed E-state index contributed by atoms with van der Waals surface area (Å²) in [4.78, 5) is 0. The molecule has 0 saturated heterocycles.